The van der Waals surface area contributed by atoms with E-state index in [-0.39, 0.29) is 6.10 Å². The third-order valence-electron chi connectivity index (χ3n) is 2.60. The lowest BCUT2D eigenvalue weighted by Crippen LogP contribution is -2.21. The molecule has 3 heteroatoms. The molecule has 72 valence electrons. The Morgan fingerprint density at radius 2 is 2.46 bits per heavy atom. The second-order valence-electron chi connectivity index (χ2n) is 3.63. The van der Waals surface area contributed by atoms with Gasteiger partial charge in [0.25, 0.3) is 0 Å². The average molecular weight is 181 g/mol. The Balaban J connectivity index is 2.65. The zero-order chi connectivity index (χ0) is 9.84. The summed E-state index contributed by atoms with van der Waals surface area (Å²) >= 11 is 0. The van der Waals surface area contributed by atoms with Crippen molar-refractivity contribution in [3.63, 3.8) is 0 Å². The van der Waals surface area contributed by atoms with Gasteiger partial charge in [-0.1, -0.05) is 18.2 Å². The molecule has 0 N–H and O–H groups in total. The number of hydrogen-bond acceptors (Lipinski definition) is 3. The highest BCUT2D eigenvalue weighted by atomic mass is 16.7. The Labute approximate surface area is 78.4 Å². The molecule has 0 aliphatic heterocycles. The first kappa shape index (κ1) is 9.96. The van der Waals surface area contributed by atoms with Gasteiger partial charge in [0.2, 0.25) is 0 Å². The van der Waals surface area contributed by atoms with Gasteiger partial charge in [-0.05, 0) is 38.2 Å². The smallest absolute Gasteiger partial charge is 0.155 e. The molecule has 3 nitrogen and oxygen atoms in total. The molecule has 0 radical (unpaired) electrons. The Hall–Kier alpha value is -1.12. The van der Waals surface area contributed by atoms with Gasteiger partial charge in [-0.3, -0.25) is 0 Å². The van der Waals surface area contributed by atoms with E-state index < -0.39 is 0 Å². The largest absolute Gasteiger partial charge is 0.356 e. The van der Waals surface area contributed by atoms with E-state index >= 15 is 0 Å². The summed E-state index contributed by atoms with van der Waals surface area (Å²) in [5.41, 5.74) is 2.24. The Kier molecular flexibility index (Phi) is 3.23. The van der Waals surface area contributed by atoms with Gasteiger partial charge >= 0.3 is 0 Å². The summed E-state index contributed by atoms with van der Waals surface area (Å²) in [4.78, 5) is 14.7. The fourth-order valence-electron chi connectivity index (χ4n) is 1.58. The molecule has 1 unspecified atom stereocenters. The van der Waals surface area contributed by atoms with Crippen LogP contribution in [0, 0.1) is 10.8 Å². The van der Waals surface area contributed by atoms with Gasteiger partial charge in [0.15, 0.2) is 11.4 Å². The van der Waals surface area contributed by atoms with E-state index in [1.54, 1.807) is 0 Å². The van der Waals surface area contributed by atoms with E-state index in [0.29, 0.717) is 5.92 Å². The monoisotopic (exact) mass is 181 g/mol. The summed E-state index contributed by atoms with van der Waals surface area (Å²) in [6.45, 7) is 7.87. The first-order valence-electron chi connectivity index (χ1n) is 4.45. The van der Waals surface area contributed by atoms with Crippen molar-refractivity contribution in [2.75, 3.05) is 0 Å². The summed E-state index contributed by atoms with van der Waals surface area (Å²) in [6, 6.07) is 0. The van der Waals surface area contributed by atoms with Crippen LogP contribution in [0.5, 0.6) is 0 Å². The molecule has 0 heterocycles. The second-order valence-corrected chi connectivity index (χ2v) is 3.63. The quantitative estimate of drug-likeness (QED) is 0.381. The highest BCUT2D eigenvalue weighted by Crippen LogP contribution is 2.30. The van der Waals surface area contributed by atoms with Crippen molar-refractivity contribution < 1.29 is 4.84 Å². The number of allylic oxidation sites excluding steroid dienone is 2. The predicted molar refractivity (Wildman–Crippen MR) is 52.0 cm³/mol. The molecule has 1 aliphatic carbocycles. The maximum atomic E-state index is 9.97. The molecule has 0 saturated carbocycles. The minimum atomic E-state index is -0.145. The maximum Gasteiger partial charge on any atom is 0.155 e. The van der Waals surface area contributed by atoms with Crippen LogP contribution >= 0.6 is 0 Å². The Morgan fingerprint density at radius 3 is 3.00 bits per heavy atom. The van der Waals surface area contributed by atoms with Crippen LogP contribution in [-0.4, -0.2) is 6.10 Å². The third-order valence-corrected chi connectivity index (χ3v) is 2.60. The van der Waals surface area contributed by atoms with Crippen molar-refractivity contribution >= 4 is 0 Å². The van der Waals surface area contributed by atoms with Crippen LogP contribution < -0.4 is 0 Å². The van der Waals surface area contributed by atoms with Gasteiger partial charge in [-0.25, -0.2) is 0 Å². The van der Waals surface area contributed by atoms with E-state index in [0.717, 1.165) is 24.0 Å². The van der Waals surface area contributed by atoms with E-state index in [1.165, 1.54) is 0 Å². The van der Waals surface area contributed by atoms with Crippen LogP contribution in [0.2, 0.25) is 0 Å². The predicted octanol–water partition coefficient (Wildman–Crippen LogP) is 2.99. The van der Waals surface area contributed by atoms with Gasteiger partial charge in [0.1, 0.15) is 0 Å². The summed E-state index contributed by atoms with van der Waals surface area (Å²) in [5.74, 6) is 0.426. The van der Waals surface area contributed by atoms with Gasteiger partial charge in [0, 0.05) is 0 Å². The first-order valence-corrected chi connectivity index (χ1v) is 4.45. The molecular weight excluding hydrogens is 166 g/mol. The molecule has 2 atom stereocenters. The molecule has 0 spiro atoms. The molecular formula is C10H15NO2. The van der Waals surface area contributed by atoms with Crippen LogP contribution in [0.4, 0.5) is 0 Å². The molecule has 0 saturated heterocycles. The van der Waals surface area contributed by atoms with Gasteiger partial charge < -0.3 is 4.84 Å². The SMILES string of the molecule is C=C(C)C1CC=C(C)[C@@H](ON=O)C1. The number of rotatable bonds is 3. The van der Waals surface area contributed by atoms with Crippen molar-refractivity contribution in [2.24, 2.45) is 11.3 Å². The van der Waals surface area contributed by atoms with E-state index in [2.05, 4.69) is 18.0 Å². The molecule has 0 aromatic carbocycles. The molecule has 1 rings (SSSR count). The maximum absolute atomic E-state index is 9.97. The lowest BCUT2D eigenvalue weighted by molar-refractivity contribution is 0.0612. The highest BCUT2D eigenvalue weighted by molar-refractivity contribution is 5.14. The van der Waals surface area contributed by atoms with E-state index in [1.807, 2.05) is 13.8 Å². The van der Waals surface area contributed by atoms with Crippen molar-refractivity contribution in [3.8, 4) is 0 Å². The summed E-state index contributed by atoms with van der Waals surface area (Å²) < 4.78 is 0. The normalized spacial score (nSPS) is 27.7. The van der Waals surface area contributed by atoms with E-state index in [4.69, 9.17) is 4.84 Å². The fraction of sp³-hybridized carbons (Fsp3) is 0.600. The zero-order valence-electron chi connectivity index (χ0n) is 8.12. The summed E-state index contributed by atoms with van der Waals surface area (Å²) in [5, 5.41) is 2.48. The van der Waals surface area contributed by atoms with Gasteiger partial charge in [-0.15, -0.1) is 4.91 Å². The average Bonchev–Trinajstić information content (AvgIpc) is 2.08. The Bertz CT molecular complexity index is 245. The summed E-state index contributed by atoms with van der Waals surface area (Å²) in [7, 11) is 0. The van der Waals surface area contributed by atoms with Crippen LogP contribution in [0.25, 0.3) is 0 Å². The fourth-order valence-corrected chi connectivity index (χ4v) is 1.58. The number of hydrogen-bond donors (Lipinski definition) is 0. The highest BCUT2D eigenvalue weighted by Gasteiger charge is 2.24. The molecule has 0 aromatic rings. The van der Waals surface area contributed by atoms with Crippen LogP contribution in [0.15, 0.2) is 29.1 Å². The third kappa shape index (κ3) is 2.41. The first-order chi connectivity index (χ1) is 6.15. The Morgan fingerprint density at radius 1 is 1.77 bits per heavy atom. The van der Waals surface area contributed by atoms with Crippen LogP contribution in [0.1, 0.15) is 26.7 Å². The topological polar surface area (TPSA) is 38.7 Å². The standard InChI is InChI=1S/C10H15NO2/c1-7(2)9-5-4-8(3)10(6-9)13-11-12/h4,9-10H,1,5-6H2,2-3H3/t9?,10-/m0/s1. The molecule has 0 aromatic heterocycles. The van der Waals surface area contributed by atoms with Crippen molar-refractivity contribution in [2.45, 2.75) is 32.8 Å². The van der Waals surface area contributed by atoms with Crippen LogP contribution in [0.3, 0.4) is 0 Å². The van der Waals surface area contributed by atoms with Gasteiger partial charge in [-0.2, -0.15) is 0 Å². The van der Waals surface area contributed by atoms with Crippen molar-refractivity contribution in [1.29, 1.82) is 0 Å². The van der Waals surface area contributed by atoms with Crippen molar-refractivity contribution in [3.05, 3.63) is 28.7 Å². The van der Waals surface area contributed by atoms with Crippen LogP contribution in [-0.2, 0) is 4.84 Å². The minimum Gasteiger partial charge on any atom is -0.356 e. The minimum absolute atomic E-state index is 0.145. The van der Waals surface area contributed by atoms with Crippen molar-refractivity contribution in [1.82, 2.24) is 0 Å². The molecule has 0 amide bonds. The lowest BCUT2D eigenvalue weighted by atomic mass is 9.84. The van der Waals surface area contributed by atoms with Gasteiger partial charge in [0.05, 0.1) is 0 Å². The molecule has 0 bridgehead atoms. The summed E-state index contributed by atoms with van der Waals surface area (Å²) in [6.07, 6.45) is 3.77. The molecule has 13 heavy (non-hydrogen) atoms. The zero-order valence-corrected chi connectivity index (χ0v) is 8.12. The van der Waals surface area contributed by atoms with E-state index in [9.17, 15) is 4.91 Å². The molecule has 1 aliphatic rings. The second kappa shape index (κ2) is 4.21. The molecule has 0 fully saturated rings. The number of nitrogens with zero attached hydrogens (tertiary/aromatic N) is 1. The lowest BCUT2D eigenvalue weighted by Gasteiger charge is -2.25.